The molecule has 0 saturated heterocycles. The standard InChI is InChI=1S/C21H19N5O2S/c1-11-4-6-14(7-5-11)19-18-12(2)16(8-9-22)29-21(18)26-13(3)24-25-20(26)15(23-19)10-17(27)28/h4-7,15H,8,10H2,1-3H3,(H,27,28)/t15-/m0/s1. The third-order valence-electron chi connectivity index (χ3n) is 5.03. The minimum atomic E-state index is -0.943. The van der Waals surface area contributed by atoms with Gasteiger partial charge in [-0.25, -0.2) is 0 Å². The number of aromatic nitrogens is 3. The maximum absolute atomic E-state index is 11.5. The van der Waals surface area contributed by atoms with Crippen molar-refractivity contribution >= 4 is 23.0 Å². The summed E-state index contributed by atoms with van der Waals surface area (Å²) in [4.78, 5) is 17.4. The summed E-state index contributed by atoms with van der Waals surface area (Å²) in [5.41, 5.74) is 4.68. The van der Waals surface area contributed by atoms with E-state index >= 15 is 0 Å². The summed E-state index contributed by atoms with van der Waals surface area (Å²) in [5.74, 6) is 0.237. The van der Waals surface area contributed by atoms with E-state index in [0.717, 1.165) is 37.8 Å². The Kier molecular flexibility index (Phi) is 4.76. The van der Waals surface area contributed by atoms with Gasteiger partial charge >= 0.3 is 5.97 Å². The lowest BCUT2D eigenvalue weighted by Crippen LogP contribution is -2.10. The van der Waals surface area contributed by atoms with Crippen LogP contribution in [-0.2, 0) is 11.2 Å². The summed E-state index contributed by atoms with van der Waals surface area (Å²) in [6.07, 6.45) is 0.131. The number of carboxylic acid groups (broad SMARTS) is 1. The van der Waals surface area contributed by atoms with E-state index in [0.29, 0.717) is 18.1 Å². The molecule has 0 aliphatic carbocycles. The molecule has 0 unspecified atom stereocenters. The number of nitrogens with zero attached hydrogens (tertiary/aromatic N) is 5. The highest BCUT2D eigenvalue weighted by Gasteiger charge is 2.32. The molecule has 1 aliphatic rings. The highest BCUT2D eigenvalue weighted by Crippen LogP contribution is 2.39. The van der Waals surface area contributed by atoms with E-state index in [2.05, 4.69) is 16.3 Å². The Morgan fingerprint density at radius 1 is 1.24 bits per heavy atom. The Labute approximate surface area is 172 Å². The lowest BCUT2D eigenvalue weighted by molar-refractivity contribution is -0.137. The average Bonchev–Trinajstić information content (AvgIpc) is 3.16. The summed E-state index contributed by atoms with van der Waals surface area (Å²) in [6, 6.07) is 9.60. The predicted octanol–water partition coefficient (Wildman–Crippen LogP) is 3.69. The Bertz CT molecular complexity index is 1180. The number of carboxylic acids is 1. The molecule has 1 aromatic carbocycles. The SMILES string of the molecule is Cc1ccc(C2=N[C@@H](CC(=O)O)c3nnc(C)n3-c3sc(CC#N)c(C)c32)cc1. The number of aliphatic imine (C=N–C) groups is 1. The number of rotatable bonds is 4. The zero-order valence-electron chi connectivity index (χ0n) is 16.3. The molecule has 2 aromatic heterocycles. The van der Waals surface area contributed by atoms with E-state index in [-0.39, 0.29) is 6.42 Å². The number of benzene rings is 1. The lowest BCUT2D eigenvalue weighted by Gasteiger charge is -2.11. The van der Waals surface area contributed by atoms with Gasteiger partial charge in [0, 0.05) is 16.0 Å². The van der Waals surface area contributed by atoms with Crippen LogP contribution in [0.15, 0.2) is 29.3 Å². The molecule has 0 saturated carbocycles. The number of thiophene rings is 1. The Hall–Kier alpha value is -3.31. The third-order valence-corrected chi connectivity index (χ3v) is 6.31. The summed E-state index contributed by atoms with van der Waals surface area (Å²) in [7, 11) is 0. The van der Waals surface area contributed by atoms with Crippen LogP contribution in [0, 0.1) is 32.1 Å². The quantitative estimate of drug-likeness (QED) is 0.713. The van der Waals surface area contributed by atoms with Gasteiger partial charge in [0.25, 0.3) is 0 Å². The molecule has 1 atom stereocenters. The van der Waals surface area contributed by atoms with Crippen molar-refractivity contribution in [3.8, 4) is 11.1 Å². The van der Waals surface area contributed by atoms with Gasteiger partial charge in [-0.3, -0.25) is 14.4 Å². The molecule has 7 nitrogen and oxygen atoms in total. The van der Waals surface area contributed by atoms with Crippen molar-refractivity contribution in [1.82, 2.24) is 14.8 Å². The van der Waals surface area contributed by atoms with Crippen molar-refractivity contribution in [1.29, 1.82) is 5.26 Å². The van der Waals surface area contributed by atoms with Gasteiger partial charge in [-0.1, -0.05) is 29.8 Å². The molecule has 29 heavy (non-hydrogen) atoms. The minimum absolute atomic E-state index is 0.174. The molecule has 0 bridgehead atoms. The zero-order chi connectivity index (χ0) is 20.7. The highest BCUT2D eigenvalue weighted by molar-refractivity contribution is 7.15. The van der Waals surface area contributed by atoms with Crippen LogP contribution in [0.5, 0.6) is 0 Å². The summed E-state index contributed by atoms with van der Waals surface area (Å²) in [5, 5.41) is 28.0. The molecule has 0 spiro atoms. The van der Waals surface area contributed by atoms with Gasteiger partial charge in [-0.15, -0.1) is 21.5 Å². The first-order chi connectivity index (χ1) is 13.9. The third kappa shape index (κ3) is 3.23. The van der Waals surface area contributed by atoms with Gasteiger partial charge in [0.2, 0.25) is 0 Å². The van der Waals surface area contributed by atoms with Crippen molar-refractivity contribution in [2.45, 2.75) is 39.7 Å². The van der Waals surface area contributed by atoms with Gasteiger partial charge in [-0.2, -0.15) is 5.26 Å². The predicted molar refractivity (Wildman–Crippen MR) is 110 cm³/mol. The number of hydrogen-bond donors (Lipinski definition) is 1. The second-order valence-electron chi connectivity index (χ2n) is 7.06. The first kappa shape index (κ1) is 19.0. The fraction of sp³-hybridized carbons (Fsp3) is 0.286. The molecule has 3 heterocycles. The van der Waals surface area contributed by atoms with E-state index in [1.54, 1.807) is 0 Å². The van der Waals surface area contributed by atoms with E-state index in [4.69, 9.17) is 4.99 Å². The number of fused-ring (bicyclic) bond motifs is 3. The average molecular weight is 405 g/mol. The van der Waals surface area contributed by atoms with Crippen molar-refractivity contribution < 1.29 is 9.90 Å². The van der Waals surface area contributed by atoms with Crippen LogP contribution in [-0.4, -0.2) is 31.6 Å². The fourth-order valence-electron chi connectivity index (χ4n) is 3.58. The minimum Gasteiger partial charge on any atom is -0.481 e. The maximum atomic E-state index is 11.5. The fourth-order valence-corrected chi connectivity index (χ4v) is 4.87. The number of nitriles is 1. The number of hydrogen-bond acceptors (Lipinski definition) is 6. The van der Waals surface area contributed by atoms with Gasteiger partial charge in [0.15, 0.2) is 5.82 Å². The normalized spacial score (nSPS) is 15.1. The van der Waals surface area contributed by atoms with E-state index in [1.807, 2.05) is 49.6 Å². The van der Waals surface area contributed by atoms with Crippen LogP contribution in [0.25, 0.3) is 5.00 Å². The smallest absolute Gasteiger partial charge is 0.306 e. The number of carbonyl (C=O) groups is 1. The monoisotopic (exact) mass is 405 g/mol. The Balaban J connectivity index is 2.04. The molecule has 1 N–H and O–H groups in total. The van der Waals surface area contributed by atoms with Crippen LogP contribution < -0.4 is 0 Å². The molecule has 0 radical (unpaired) electrons. The summed E-state index contributed by atoms with van der Waals surface area (Å²) >= 11 is 1.52. The topological polar surface area (TPSA) is 104 Å². The van der Waals surface area contributed by atoms with E-state index < -0.39 is 12.0 Å². The van der Waals surface area contributed by atoms with Crippen LogP contribution >= 0.6 is 11.3 Å². The molecule has 0 fully saturated rings. The molecule has 8 heteroatoms. The molecule has 4 rings (SSSR count). The lowest BCUT2D eigenvalue weighted by atomic mass is 9.98. The first-order valence-electron chi connectivity index (χ1n) is 9.19. The molecule has 146 valence electrons. The van der Waals surface area contributed by atoms with Crippen molar-refractivity contribution in [3.63, 3.8) is 0 Å². The molecular weight excluding hydrogens is 386 g/mol. The van der Waals surface area contributed by atoms with Crippen LogP contribution in [0.4, 0.5) is 0 Å². The van der Waals surface area contributed by atoms with Crippen LogP contribution in [0.2, 0.25) is 0 Å². The molecule has 3 aromatic rings. The van der Waals surface area contributed by atoms with Gasteiger partial charge in [0.05, 0.1) is 24.6 Å². The first-order valence-corrected chi connectivity index (χ1v) is 10.0. The van der Waals surface area contributed by atoms with E-state index in [1.165, 1.54) is 11.3 Å². The second-order valence-corrected chi connectivity index (χ2v) is 8.15. The highest BCUT2D eigenvalue weighted by atomic mass is 32.1. The van der Waals surface area contributed by atoms with Crippen LogP contribution in [0.1, 0.15) is 51.2 Å². The van der Waals surface area contributed by atoms with Crippen molar-refractivity contribution in [3.05, 3.63) is 63.0 Å². The molecule has 1 aliphatic heterocycles. The van der Waals surface area contributed by atoms with E-state index in [9.17, 15) is 15.2 Å². The van der Waals surface area contributed by atoms with Crippen LogP contribution in [0.3, 0.4) is 0 Å². The van der Waals surface area contributed by atoms with Crippen molar-refractivity contribution in [2.75, 3.05) is 0 Å². The van der Waals surface area contributed by atoms with Gasteiger partial charge < -0.3 is 5.11 Å². The maximum Gasteiger partial charge on any atom is 0.306 e. The number of aryl methyl sites for hydroxylation is 2. The van der Waals surface area contributed by atoms with Gasteiger partial charge in [0.1, 0.15) is 16.9 Å². The number of aliphatic carboxylic acids is 1. The molecule has 0 amide bonds. The van der Waals surface area contributed by atoms with Crippen molar-refractivity contribution in [2.24, 2.45) is 4.99 Å². The van der Waals surface area contributed by atoms with Gasteiger partial charge in [-0.05, 0) is 26.3 Å². The Morgan fingerprint density at radius 2 is 1.97 bits per heavy atom. The summed E-state index contributed by atoms with van der Waals surface area (Å²) in [6.45, 7) is 5.85. The summed E-state index contributed by atoms with van der Waals surface area (Å²) < 4.78 is 1.90. The molecular formula is C21H19N5O2S. The Morgan fingerprint density at radius 3 is 2.62 bits per heavy atom. The largest absolute Gasteiger partial charge is 0.481 e. The zero-order valence-corrected chi connectivity index (χ0v) is 17.1. The second kappa shape index (κ2) is 7.26.